The predicted molar refractivity (Wildman–Crippen MR) is 105 cm³/mol. The molecule has 26 heavy (non-hydrogen) atoms. The van der Waals surface area contributed by atoms with Gasteiger partial charge < -0.3 is 10.2 Å². The summed E-state index contributed by atoms with van der Waals surface area (Å²) in [6.45, 7) is 3.83. The molecule has 0 saturated carbocycles. The number of likely N-dealkylation sites (N-methyl/N-ethyl adjacent to an activating group) is 1. The molecule has 0 heterocycles. The summed E-state index contributed by atoms with van der Waals surface area (Å²) in [6, 6.07) is 12.3. The van der Waals surface area contributed by atoms with Crippen molar-refractivity contribution in [1.82, 2.24) is 10.2 Å². The number of halogens is 2. The van der Waals surface area contributed by atoms with Gasteiger partial charge in [0.2, 0.25) is 11.8 Å². The monoisotopic (exact) mass is 392 g/mol. The maximum absolute atomic E-state index is 13.0. The molecule has 2 aromatic carbocycles. The maximum Gasteiger partial charge on any atom is 0.242 e. The number of nitrogens with one attached hydrogen (secondary N) is 1. The summed E-state index contributed by atoms with van der Waals surface area (Å²) in [5, 5.41) is 3.52. The summed E-state index contributed by atoms with van der Waals surface area (Å²) in [5.41, 5.74) is 2.61. The van der Waals surface area contributed by atoms with Crippen LogP contribution in [0.1, 0.15) is 23.6 Å². The number of amides is 2. The van der Waals surface area contributed by atoms with Crippen LogP contribution in [-0.2, 0) is 22.6 Å². The molecule has 0 aliphatic heterocycles. The number of carbonyl (C=O) groups is 2. The fourth-order valence-corrected chi connectivity index (χ4v) is 3.26. The number of aryl methyl sites for hydroxylation is 1. The molecule has 0 saturated heterocycles. The molecule has 2 amide bonds. The first kappa shape index (κ1) is 20.3. The van der Waals surface area contributed by atoms with Crippen LogP contribution in [-0.4, -0.2) is 29.8 Å². The molecule has 1 unspecified atom stereocenters. The Balaban J connectivity index is 2.31. The van der Waals surface area contributed by atoms with Crippen molar-refractivity contribution < 1.29 is 9.59 Å². The van der Waals surface area contributed by atoms with E-state index in [4.69, 9.17) is 23.2 Å². The van der Waals surface area contributed by atoms with Crippen molar-refractivity contribution in [2.75, 3.05) is 7.05 Å². The van der Waals surface area contributed by atoms with E-state index < -0.39 is 6.04 Å². The van der Waals surface area contributed by atoms with Crippen LogP contribution >= 0.6 is 23.2 Å². The number of benzene rings is 2. The van der Waals surface area contributed by atoms with Gasteiger partial charge in [-0.05, 0) is 31.5 Å². The Kier molecular flexibility index (Phi) is 7.06. The van der Waals surface area contributed by atoms with E-state index >= 15 is 0 Å². The van der Waals surface area contributed by atoms with Gasteiger partial charge in [-0.3, -0.25) is 9.59 Å². The second-order valence-electron chi connectivity index (χ2n) is 6.18. The van der Waals surface area contributed by atoms with E-state index in [-0.39, 0.29) is 24.8 Å². The molecule has 0 bridgehead atoms. The third kappa shape index (κ3) is 4.99. The van der Waals surface area contributed by atoms with E-state index in [1.54, 1.807) is 32.2 Å². The Bertz CT molecular complexity index is 788. The zero-order valence-corrected chi connectivity index (χ0v) is 16.6. The van der Waals surface area contributed by atoms with Crippen LogP contribution in [0.4, 0.5) is 0 Å². The molecule has 138 valence electrons. The first-order valence-corrected chi connectivity index (χ1v) is 9.08. The van der Waals surface area contributed by atoms with E-state index in [1.165, 1.54) is 4.90 Å². The molecule has 0 aliphatic carbocycles. The second kappa shape index (κ2) is 9.06. The van der Waals surface area contributed by atoms with Crippen LogP contribution < -0.4 is 5.32 Å². The van der Waals surface area contributed by atoms with E-state index in [1.807, 2.05) is 31.2 Å². The van der Waals surface area contributed by atoms with Crippen LogP contribution in [0.5, 0.6) is 0 Å². The van der Waals surface area contributed by atoms with Gasteiger partial charge in [-0.2, -0.15) is 0 Å². The highest BCUT2D eigenvalue weighted by Gasteiger charge is 2.26. The van der Waals surface area contributed by atoms with Gasteiger partial charge in [-0.15, -0.1) is 0 Å². The Hall–Kier alpha value is -2.04. The SMILES string of the molecule is CNC(=O)C(C)N(Cc1c(Cl)cccc1Cl)C(=O)Cc1cccc(C)c1. The molecule has 0 aliphatic rings. The molecular weight excluding hydrogens is 371 g/mol. The van der Waals surface area contributed by atoms with Gasteiger partial charge in [0.25, 0.3) is 0 Å². The van der Waals surface area contributed by atoms with Gasteiger partial charge >= 0.3 is 0 Å². The molecule has 2 aromatic rings. The fraction of sp³-hybridized carbons (Fsp3) is 0.300. The highest BCUT2D eigenvalue weighted by atomic mass is 35.5. The summed E-state index contributed by atoms with van der Waals surface area (Å²) in [4.78, 5) is 26.6. The fourth-order valence-electron chi connectivity index (χ4n) is 2.74. The Labute approximate surface area is 164 Å². The summed E-state index contributed by atoms with van der Waals surface area (Å²) in [6.07, 6.45) is 0.199. The minimum absolute atomic E-state index is 0.164. The first-order valence-electron chi connectivity index (χ1n) is 8.33. The lowest BCUT2D eigenvalue weighted by atomic mass is 10.1. The first-order chi connectivity index (χ1) is 12.3. The van der Waals surface area contributed by atoms with E-state index in [2.05, 4.69) is 5.32 Å². The van der Waals surface area contributed by atoms with Crippen molar-refractivity contribution in [3.63, 3.8) is 0 Å². The van der Waals surface area contributed by atoms with Crippen LogP contribution in [0.2, 0.25) is 10.0 Å². The standard InChI is InChI=1S/C20H22Cl2N2O2/c1-13-6-4-7-15(10-13)11-19(25)24(14(2)20(26)23-3)12-16-17(21)8-5-9-18(16)22/h4-10,14H,11-12H2,1-3H3,(H,23,26). The summed E-state index contributed by atoms with van der Waals surface area (Å²) < 4.78 is 0. The molecule has 1 N–H and O–H groups in total. The number of hydrogen-bond acceptors (Lipinski definition) is 2. The minimum Gasteiger partial charge on any atom is -0.357 e. The van der Waals surface area contributed by atoms with Crippen LogP contribution in [0.3, 0.4) is 0 Å². The number of rotatable bonds is 6. The Morgan fingerprint density at radius 1 is 1.12 bits per heavy atom. The highest BCUT2D eigenvalue weighted by Crippen LogP contribution is 2.26. The molecule has 2 rings (SSSR count). The van der Waals surface area contributed by atoms with E-state index in [0.29, 0.717) is 15.6 Å². The predicted octanol–water partition coefficient (Wildman–Crippen LogP) is 4.01. The third-order valence-electron chi connectivity index (χ3n) is 4.24. The van der Waals surface area contributed by atoms with E-state index in [0.717, 1.165) is 11.1 Å². The summed E-state index contributed by atoms with van der Waals surface area (Å²) >= 11 is 12.5. The van der Waals surface area contributed by atoms with Crippen molar-refractivity contribution in [2.24, 2.45) is 0 Å². The molecule has 6 heteroatoms. The smallest absolute Gasteiger partial charge is 0.242 e. The van der Waals surface area contributed by atoms with Crippen molar-refractivity contribution in [1.29, 1.82) is 0 Å². The zero-order chi connectivity index (χ0) is 19.3. The van der Waals surface area contributed by atoms with Gasteiger partial charge in [-0.1, -0.05) is 59.1 Å². The van der Waals surface area contributed by atoms with E-state index in [9.17, 15) is 9.59 Å². The quantitative estimate of drug-likeness (QED) is 0.806. The van der Waals surface area contributed by atoms with Gasteiger partial charge in [0.05, 0.1) is 6.42 Å². The van der Waals surface area contributed by atoms with Crippen LogP contribution in [0.15, 0.2) is 42.5 Å². The number of hydrogen-bond donors (Lipinski definition) is 1. The molecule has 1 atom stereocenters. The average Bonchev–Trinajstić information content (AvgIpc) is 2.60. The van der Waals surface area contributed by atoms with Crippen molar-refractivity contribution in [2.45, 2.75) is 32.9 Å². The molecular formula is C20H22Cl2N2O2. The number of carbonyl (C=O) groups excluding carboxylic acids is 2. The lowest BCUT2D eigenvalue weighted by molar-refractivity contribution is -0.139. The van der Waals surface area contributed by atoms with Gasteiger partial charge in [-0.25, -0.2) is 0 Å². The maximum atomic E-state index is 13.0. The van der Waals surface area contributed by atoms with Gasteiger partial charge in [0.15, 0.2) is 0 Å². The number of nitrogens with zero attached hydrogens (tertiary/aromatic N) is 1. The topological polar surface area (TPSA) is 49.4 Å². The van der Waals surface area contributed by atoms with Crippen LogP contribution in [0, 0.1) is 6.92 Å². The molecule has 0 fully saturated rings. The normalized spacial score (nSPS) is 11.7. The summed E-state index contributed by atoms with van der Waals surface area (Å²) in [5.74, 6) is -0.409. The highest BCUT2D eigenvalue weighted by molar-refractivity contribution is 6.36. The summed E-state index contributed by atoms with van der Waals surface area (Å²) in [7, 11) is 1.55. The molecule has 0 radical (unpaired) electrons. The van der Waals surface area contributed by atoms with Gasteiger partial charge in [0, 0.05) is 29.2 Å². The average molecular weight is 393 g/mol. The minimum atomic E-state index is -0.648. The Morgan fingerprint density at radius 2 is 1.73 bits per heavy atom. The molecule has 0 spiro atoms. The third-order valence-corrected chi connectivity index (χ3v) is 4.95. The molecule has 0 aromatic heterocycles. The Morgan fingerprint density at radius 3 is 2.31 bits per heavy atom. The lowest BCUT2D eigenvalue weighted by Crippen LogP contribution is -2.47. The largest absolute Gasteiger partial charge is 0.357 e. The van der Waals surface area contributed by atoms with Crippen molar-refractivity contribution in [3.05, 3.63) is 69.2 Å². The lowest BCUT2D eigenvalue weighted by Gasteiger charge is -2.29. The zero-order valence-electron chi connectivity index (χ0n) is 15.1. The van der Waals surface area contributed by atoms with Crippen molar-refractivity contribution >= 4 is 35.0 Å². The van der Waals surface area contributed by atoms with Gasteiger partial charge in [0.1, 0.15) is 6.04 Å². The van der Waals surface area contributed by atoms with Crippen molar-refractivity contribution in [3.8, 4) is 0 Å². The van der Waals surface area contributed by atoms with Crippen LogP contribution in [0.25, 0.3) is 0 Å². The molecule has 4 nitrogen and oxygen atoms in total. The second-order valence-corrected chi connectivity index (χ2v) is 6.99.